The third-order valence-electron chi connectivity index (χ3n) is 5.33. The van der Waals surface area contributed by atoms with E-state index in [1.54, 1.807) is 24.3 Å². The van der Waals surface area contributed by atoms with E-state index >= 15 is 0 Å². The Bertz CT molecular complexity index is 1010. The number of hydrogen-bond acceptors (Lipinski definition) is 5. The molecule has 0 saturated carbocycles. The second kappa shape index (κ2) is 6.72. The van der Waals surface area contributed by atoms with Crippen LogP contribution in [0.1, 0.15) is 11.1 Å². The number of nitrogens with one attached hydrogen (secondary N) is 1. The first-order valence-electron chi connectivity index (χ1n) is 8.96. The van der Waals surface area contributed by atoms with Crippen LogP contribution in [-0.2, 0) is 26.6 Å². The first-order chi connectivity index (χ1) is 13.3. The molecule has 2 N–H and O–H groups in total. The summed E-state index contributed by atoms with van der Waals surface area (Å²) in [4.78, 5) is 27.2. The van der Waals surface area contributed by atoms with E-state index in [0.717, 1.165) is 10.5 Å². The van der Waals surface area contributed by atoms with Crippen LogP contribution >= 0.6 is 0 Å². The zero-order valence-corrected chi connectivity index (χ0v) is 15.8. The standard InChI is InChI=1S/C20H20N2O5S/c23-17-13-28(26,27)12-16(17)22-18(24)20(21-19(22)25,15-9-5-2-6-10-15)11-14-7-3-1-4-8-14/h1-10,16-17,23H,11-13H2,(H,21,25)/t16-,17-,20-/m0/s1. The van der Waals surface area contributed by atoms with Crippen LogP contribution in [0.25, 0.3) is 0 Å². The third kappa shape index (κ3) is 3.08. The lowest BCUT2D eigenvalue weighted by molar-refractivity contribution is -0.134. The molecule has 7 nitrogen and oxygen atoms in total. The van der Waals surface area contributed by atoms with Gasteiger partial charge in [0, 0.05) is 6.42 Å². The predicted molar refractivity (Wildman–Crippen MR) is 102 cm³/mol. The van der Waals surface area contributed by atoms with Crippen molar-refractivity contribution in [2.24, 2.45) is 0 Å². The Balaban J connectivity index is 1.77. The Morgan fingerprint density at radius 2 is 1.61 bits per heavy atom. The first-order valence-corrected chi connectivity index (χ1v) is 10.8. The number of sulfone groups is 1. The van der Waals surface area contributed by atoms with E-state index < -0.39 is 51.0 Å². The smallest absolute Gasteiger partial charge is 0.325 e. The van der Waals surface area contributed by atoms with Crippen LogP contribution in [-0.4, -0.2) is 54.0 Å². The summed E-state index contributed by atoms with van der Waals surface area (Å²) in [7, 11) is -3.51. The van der Waals surface area contributed by atoms with Gasteiger partial charge in [-0.1, -0.05) is 60.7 Å². The number of rotatable bonds is 4. The number of aliphatic hydroxyl groups excluding tert-OH is 1. The van der Waals surface area contributed by atoms with Crippen LogP contribution in [0.4, 0.5) is 4.79 Å². The molecule has 3 atom stereocenters. The Morgan fingerprint density at radius 1 is 1.00 bits per heavy atom. The summed E-state index contributed by atoms with van der Waals surface area (Å²) < 4.78 is 23.8. The molecule has 3 amide bonds. The topological polar surface area (TPSA) is 104 Å². The Kier molecular flexibility index (Phi) is 4.47. The summed E-state index contributed by atoms with van der Waals surface area (Å²) in [6.45, 7) is 0. The molecule has 0 bridgehead atoms. The molecule has 146 valence electrons. The van der Waals surface area contributed by atoms with Gasteiger partial charge < -0.3 is 10.4 Å². The molecule has 0 aliphatic carbocycles. The van der Waals surface area contributed by atoms with Crippen molar-refractivity contribution in [2.45, 2.75) is 24.1 Å². The van der Waals surface area contributed by atoms with Crippen molar-refractivity contribution in [3.63, 3.8) is 0 Å². The number of hydrogen-bond donors (Lipinski definition) is 2. The summed E-state index contributed by atoms with van der Waals surface area (Å²) >= 11 is 0. The number of amides is 3. The highest BCUT2D eigenvalue weighted by atomic mass is 32.2. The van der Waals surface area contributed by atoms with Crippen LogP contribution < -0.4 is 5.32 Å². The molecule has 2 heterocycles. The van der Waals surface area contributed by atoms with Gasteiger partial charge in [-0.2, -0.15) is 0 Å². The zero-order valence-electron chi connectivity index (χ0n) is 15.0. The van der Waals surface area contributed by atoms with E-state index in [9.17, 15) is 23.1 Å². The maximum Gasteiger partial charge on any atom is 0.325 e. The molecule has 0 unspecified atom stereocenters. The molecule has 8 heteroatoms. The van der Waals surface area contributed by atoms with Crippen LogP contribution in [0.3, 0.4) is 0 Å². The van der Waals surface area contributed by atoms with Crippen LogP contribution in [0.2, 0.25) is 0 Å². The van der Waals surface area contributed by atoms with Crippen molar-refractivity contribution in [3.05, 3.63) is 71.8 Å². The number of aliphatic hydroxyl groups is 1. The monoisotopic (exact) mass is 400 g/mol. The fourth-order valence-electron chi connectivity index (χ4n) is 3.99. The Hall–Kier alpha value is -2.71. The number of urea groups is 1. The Morgan fingerprint density at radius 3 is 2.18 bits per heavy atom. The molecule has 0 radical (unpaired) electrons. The number of nitrogens with zero attached hydrogens (tertiary/aromatic N) is 1. The fraction of sp³-hybridized carbons (Fsp3) is 0.300. The molecular formula is C20H20N2O5S. The second-order valence-corrected chi connectivity index (χ2v) is 9.40. The SMILES string of the molecule is O=C1N[C@@](Cc2ccccc2)(c2ccccc2)C(=O)N1[C@H]1CS(=O)(=O)C[C@@H]1O. The van der Waals surface area contributed by atoms with Gasteiger partial charge in [0.1, 0.15) is 0 Å². The van der Waals surface area contributed by atoms with Crippen LogP contribution in [0.5, 0.6) is 0 Å². The first kappa shape index (κ1) is 18.6. The van der Waals surface area contributed by atoms with E-state index in [1.807, 2.05) is 36.4 Å². The molecule has 2 saturated heterocycles. The largest absolute Gasteiger partial charge is 0.390 e. The summed E-state index contributed by atoms with van der Waals surface area (Å²) in [6, 6.07) is 16.4. The number of benzene rings is 2. The summed E-state index contributed by atoms with van der Waals surface area (Å²) in [5, 5.41) is 13.0. The van der Waals surface area contributed by atoms with Crippen molar-refractivity contribution < 1.29 is 23.1 Å². The van der Waals surface area contributed by atoms with Gasteiger partial charge in [0.15, 0.2) is 15.4 Å². The zero-order chi connectivity index (χ0) is 19.9. The minimum Gasteiger partial charge on any atom is -0.390 e. The molecule has 0 spiro atoms. The lowest BCUT2D eigenvalue weighted by Crippen LogP contribution is -2.49. The molecule has 2 aromatic carbocycles. The minimum atomic E-state index is -3.51. The molecule has 4 rings (SSSR count). The lowest BCUT2D eigenvalue weighted by Gasteiger charge is -2.29. The van der Waals surface area contributed by atoms with Crippen molar-refractivity contribution in [1.82, 2.24) is 10.2 Å². The highest BCUT2D eigenvalue weighted by molar-refractivity contribution is 7.91. The highest BCUT2D eigenvalue weighted by Crippen LogP contribution is 2.35. The van der Waals surface area contributed by atoms with E-state index in [1.165, 1.54) is 0 Å². The quantitative estimate of drug-likeness (QED) is 0.740. The lowest BCUT2D eigenvalue weighted by atomic mass is 9.83. The van der Waals surface area contributed by atoms with E-state index in [2.05, 4.69) is 5.32 Å². The normalized spacial score (nSPS) is 29.1. The van der Waals surface area contributed by atoms with E-state index in [0.29, 0.717) is 5.56 Å². The second-order valence-electron chi connectivity index (χ2n) is 7.25. The number of imide groups is 1. The predicted octanol–water partition coefficient (Wildman–Crippen LogP) is 0.834. The van der Waals surface area contributed by atoms with Gasteiger partial charge in [-0.25, -0.2) is 13.2 Å². The van der Waals surface area contributed by atoms with Crippen molar-refractivity contribution in [1.29, 1.82) is 0 Å². The maximum absolute atomic E-state index is 13.5. The molecule has 2 fully saturated rings. The van der Waals surface area contributed by atoms with Gasteiger partial charge >= 0.3 is 6.03 Å². The minimum absolute atomic E-state index is 0.217. The van der Waals surface area contributed by atoms with Crippen molar-refractivity contribution in [2.75, 3.05) is 11.5 Å². The Labute approximate surface area is 162 Å². The maximum atomic E-state index is 13.5. The number of carbonyl (C=O) groups is 2. The average molecular weight is 400 g/mol. The van der Waals surface area contributed by atoms with Gasteiger partial charge in [0.25, 0.3) is 5.91 Å². The van der Waals surface area contributed by atoms with Gasteiger partial charge in [-0.15, -0.1) is 0 Å². The molecule has 0 aromatic heterocycles. The fourth-order valence-corrected chi connectivity index (χ4v) is 5.76. The van der Waals surface area contributed by atoms with Gasteiger partial charge in [0.05, 0.1) is 23.7 Å². The van der Waals surface area contributed by atoms with Crippen LogP contribution in [0, 0.1) is 0 Å². The average Bonchev–Trinajstić information content (AvgIpc) is 3.08. The molecule has 28 heavy (non-hydrogen) atoms. The third-order valence-corrected chi connectivity index (χ3v) is 7.03. The molecule has 2 aliphatic heterocycles. The molecule has 2 aromatic rings. The number of carbonyl (C=O) groups excluding carboxylic acids is 2. The summed E-state index contributed by atoms with van der Waals surface area (Å²) in [6.07, 6.45) is -1.07. The van der Waals surface area contributed by atoms with Gasteiger partial charge in [-0.3, -0.25) is 9.69 Å². The molecule has 2 aliphatic rings. The highest BCUT2D eigenvalue weighted by Gasteiger charge is 2.57. The summed E-state index contributed by atoms with van der Waals surface area (Å²) in [5.74, 6) is -1.43. The van der Waals surface area contributed by atoms with Gasteiger partial charge in [0.2, 0.25) is 0 Å². The van der Waals surface area contributed by atoms with Gasteiger partial charge in [-0.05, 0) is 11.1 Å². The molecular weight excluding hydrogens is 380 g/mol. The van der Waals surface area contributed by atoms with Crippen molar-refractivity contribution in [3.8, 4) is 0 Å². The van der Waals surface area contributed by atoms with E-state index in [4.69, 9.17) is 0 Å². The van der Waals surface area contributed by atoms with E-state index in [-0.39, 0.29) is 6.42 Å². The van der Waals surface area contributed by atoms with Crippen LogP contribution in [0.15, 0.2) is 60.7 Å². The summed E-state index contributed by atoms with van der Waals surface area (Å²) in [5.41, 5.74) is 0.0997. The van der Waals surface area contributed by atoms with Crippen molar-refractivity contribution >= 4 is 21.8 Å².